The summed E-state index contributed by atoms with van der Waals surface area (Å²) in [5.74, 6) is 0. The van der Waals surface area contributed by atoms with Crippen LogP contribution >= 0.6 is 12.6 Å². The van der Waals surface area contributed by atoms with Crippen LogP contribution < -0.4 is 0 Å². The average Bonchev–Trinajstić information content (AvgIpc) is 2.34. The molecule has 0 fully saturated rings. The van der Waals surface area contributed by atoms with Gasteiger partial charge >= 0.3 is 0 Å². The number of unbranched alkanes of at least 4 members (excludes halogenated alkanes) is 7. The molecule has 0 aromatic rings. The highest BCUT2D eigenvalue weighted by atomic mass is 32.1. The Kier molecular flexibility index (Phi) is 11.8. The van der Waals surface area contributed by atoms with E-state index in [9.17, 15) is 4.79 Å². The first-order valence-corrected chi connectivity index (χ1v) is 8.64. The molecule has 2 heteroatoms. The zero-order chi connectivity index (χ0) is 14.6. The van der Waals surface area contributed by atoms with E-state index in [0.717, 1.165) is 6.42 Å². The minimum atomic E-state index is 0.0364. The largest absolute Gasteiger partial charge is 0.288 e. The molecule has 19 heavy (non-hydrogen) atoms. The van der Waals surface area contributed by atoms with Crippen molar-refractivity contribution in [1.82, 2.24) is 0 Å². The lowest BCUT2D eigenvalue weighted by Gasteiger charge is -2.24. The molecule has 0 heterocycles. The van der Waals surface area contributed by atoms with E-state index in [-0.39, 0.29) is 5.12 Å². The highest BCUT2D eigenvalue weighted by Crippen LogP contribution is 2.29. The molecule has 1 nitrogen and oxygen atoms in total. The average molecular weight is 287 g/mol. The van der Waals surface area contributed by atoms with Crippen LogP contribution in [0.5, 0.6) is 0 Å². The van der Waals surface area contributed by atoms with Crippen molar-refractivity contribution in [2.24, 2.45) is 5.41 Å². The van der Waals surface area contributed by atoms with Crippen molar-refractivity contribution < 1.29 is 4.79 Å². The van der Waals surface area contributed by atoms with Gasteiger partial charge in [-0.15, -0.1) is 12.6 Å². The van der Waals surface area contributed by atoms with Crippen LogP contribution in [0.3, 0.4) is 0 Å². The fourth-order valence-electron chi connectivity index (χ4n) is 2.54. The lowest BCUT2D eigenvalue weighted by molar-refractivity contribution is -0.110. The molecular formula is C17H34OS. The molecule has 0 aromatic carbocycles. The SMILES string of the molecule is CCCCC(C)(C)CCCCCCCCCC(=O)S. The Morgan fingerprint density at radius 1 is 0.842 bits per heavy atom. The maximum atomic E-state index is 10.7. The minimum absolute atomic E-state index is 0.0364. The second kappa shape index (κ2) is 11.8. The Bertz CT molecular complexity index is 223. The van der Waals surface area contributed by atoms with Gasteiger partial charge in [0.1, 0.15) is 0 Å². The number of hydrogen-bond acceptors (Lipinski definition) is 1. The van der Waals surface area contributed by atoms with Crippen LogP contribution in [0.25, 0.3) is 0 Å². The van der Waals surface area contributed by atoms with Crippen molar-refractivity contribution >= 4 is 17.7 Å². The summed E-state index contributed by atoms with van der Waals surface area (Å²) in [6, 6.07) is 0. The molecule has 0 rings (SSSR count). The molecule has 114 valence electrons. The highest BCUT2D eigenvalue weighted by Gasteiger charge is 2.15. The molecular weight excluding hydrogens is 252 g/mol. The van der Waals surface area contributed by atoms with Gasteiger partial charge in [0.25, 0.3) is 0 Å². The third kappa shape index (κ3) is 14.2. The normalized spacial score (nSPS) is 11.8. The third-order valence-corrected chi connectivity index (χ3v) is 4.17. The quantitative estimate of drug-likeness (QED) is 0.316. The first-order chi connectivity index (χ1) is 8.98. The van der Waals surface area contributed by atoms with Crippen molar-refractivity contribution in [1.29, 1.82) is 0 Å². The molecule has 0 atom stereocenters. The molecule has 0 aliphatic rings. The molecule has 0 aliphatic carbocycles. The number of hydrogen-bond donors (Lipinski definition) is 1. The van der Waals surface area contributed by atoms with E-state index in [4.69, 9.17) is 0 Å². The lowest BCUT2D eigenvalue weighted by Crippen LogP contribution is -2.10. The zero-order valence-electron chi connectivity index (χ0n) is 13.3. The highest BCUT2D eigenvalue weighted by molar-refractivity contribution is 7.96. The summed E-state index contributed by atoms with van der Waals surface area (Å²) >= 11 is 3.78. The van der Waals surface area contributed by atoms with Crippen LogP contribution in [0.2, 0.25) is 0 Å². The van der Waals surface area contributed by atoms with Crippen LogP contribution in [0.15, 0.2) is 0 Å². The molecule has 0 saturated heterocycles. The van der Waals surface area contributed by atoms with Gasteiger partial charge in [0.05, 0.1) is 0 Å². The molecule has 0 N–H and O–H groups in total. The van der Waals surface area contributed by atoms with E-state index in [1.165, 1.54) is 64.2 Å². The Hall–Kier alpha value is 0.0200. The monoisotopic (exact) mass is 286 g/mol. The smallest absolute Gasteiger partial charge is 0.185 e. The molecule has 0 radical (unpaired) electrons. The Labute approximate surface area is 126 Å². The van der Waals surface area contributed by atoms with Crippen molar-refractivity contribution in [3.8, 4) is 0 Å². The maximum Gasteiger partial charge on any atom is 0.185 e. The molecule has 0 amide bonds. The molecule has 0 bridgehead atoms. The number of carbonyl (C=O) groups is 1. The number of carbonyl (C=O) groups excluding carboxylic acids is 1. The van der Waals surface area contributed by atoms with Crippen LogP contribution in [-0.2, 0) is 4.79 Å². The van der Waals surface area contributed by atoms with Gasteiger partial charge in [-0.25, -0.2) is 0 Å². The summed E-state index contributed by atoms with van der Waals surface area (Å²) in [6.07, 6.45) is 15.0. The van der Waals surface area contributed by atoms with Crippen molar-refractivity contribution in [2.45, 2.75) is 97.8 Å². The van der Waals surface area contributed by atoms with Gasteiger partial charge in [0.15, 0.2) is 5.12 Å². The maximum absolute atomic E-state index is 10.7. The molecule has 0 spiro atoms. The molecule has 0 aliphatic heterocycles. The van der Waals surface area contributed by atoms with E-state index in [1.54, 1.807) is 0 Å². The topological polar surface area (TPSA) is 17.1 Å². The summed E-state index contributed by atoms with van der Waals surface area (Å²) < 4.78 is 0. The van der Waals surface area contributed by atoms with E-state index >= 15 is 0 Å². The lowest BCUT2D eigenvalue weighted by atomic mass is 9.82. The van der Waals surface area contributed by atoms with Crippen LogP contribution in [0, 0.1) is 5.41 Å². The van der Waals surface area contributed by atoms with Gasteiger partial charge in [0.2, 0.25) is 0 Å². The van der Waals surface area contributed by atoms with Gasteiger partial charge in [0, 0.05) is 6.42 Å². The summed E-state index contributed by atoms with van der Waals surface area (Å²) in [5, 5.41) is 0.0364. The minimum Gasteiger partial charge on any atom is -0.288 e. The standard InChI is InChI=1S/C17H34OS/c1-4-5-14-17(2,3)15-12-10-8-6-7-9-11-13-16(18)19/h4-15H2,1-3H3,(H,18,19). The first-order valence-electron chi connectivity index (χ1n) is 8.20. The van der Waals surface area contributed by atoms with Crippen molar-refractivity contribution in [3.63, 3.8) is 0 Å². The van der Waals surface area contributed by atoms with Gasteiger partial charge in [-0.1, -0.05) is 72.1 Å². The number of thiol groups is 1. The van der Waals surface area contributed by atoms with E-state index in [1.807, 2.05) is 0 Å². The summed E-state index contributed by atoms with van der Waals surface area (Å²) in [4.78, 5) is 10.7. The van der Waals surface area contributed by atoms with Crippen LogP contribution in [-0.4, -0.2) is 5.12 Å². The zero-order valence-corrected chi connectivity index (χ0v) is 14.2. The predicted molar refractivity (Wildman–Crippen MR) is 88.9 cm³/mol. The number of rotatable bonds is 13. The second-order valence-corrected chi connectivity index (χ2v) is 7.14. The Morgan fingerprint density at radius 2 is 1.32 bits per heavy atom. The second-order valence-electron chi connectivity index (χ2n) is 6.64. The fraction of sp³-hybridized carbons (Fsp3) is 0.941. The van der Waals surface area contributed by atoms with E-state index < -0.39 is 0 Å². The Balaban J connectivity index is 3.28. The van der Waals surface area contributed by atoms with Crippen molar-refractivity contribution in [2.75, 3.05) is 0 Å². The third-order valence-electron chi connectivity index (χ3n) is 3.95. The summed E-state index contributed by atoms with van der Waals surface area (Å²) in [7, 11) is 0. The fourth-order valence-corrected chi connectivity index (χ4v) is 2.70. The van der Waals surface area contributed by atoms with E-state index in [0.29, 0.717) is 11.8 Å². The first kappa shape index (κ1) is 19.0. The van der Waals surface area contributed by atoms with Gasteiger partial charge < -0.3 is 0 Å². The summed E-state index contributed by atoms with van der Waals surface area (Å²) in [5.41, 5.74) is 0.545. The molecule has 0 saturated carbocycles. The molecule has 0 aromatic heterocycles. The Morgan fingerprint density at radius 3 is 1.84 bits per heavy atom. The predicted octanol–water partition coefficient (Wildman–Crippen LogP) is 6.17. The molecule has 0 unspecified atom stereocenters. The van der Waals surface area contributed by atoms with Gasteiger partial charge in [-0.2, -0.15) is 0 Å². The van der Waals surface area contributed by atoms with Gasteiger partial charge in [-0.3, -0.25) is 4.79 Å². The van der Waals surface area contributed by atoms with E-state index in [2.05, 4.69) is 33.4 Å². The van der Waals surface area contributed by atoms with Crippen molar-refractivity contribution in [3.05, 3.63) is 0 Å². The van der Waals surface area contributed by atoms with Crippen LogP contribution in [0.4, 0.5) is 0 Å². The van der Waals surface area contributed by atoms with Crippen LogP contribution in [0.1, 0.15) is 97.8 Å². The van der Waals surface area contributed by atoms with Gasteiger partial charge in [-0.05, 0) is 24.7 Å². The summed E-state index contributed by atoms with van der Waals surface area (Å²) in [6.45, 7) is 7.10.